The Morgan fingerprint density at radius 2 is 2.30 bits per heavy atom. The molecule has 1 saturated heterocycles. The Hall–Kier alpha value is -1.75. The van der Waals surface area contributed by atoms with E-state index < -0.39 is 0 Å². The third-order valence-corrected chi connectivity index (χ3v) is 4.19. The number of rotatable bonds is 4. The maximum atomic E-state index is 8.76. The molecule has 0 spiro atoms. The summed E-state index contributed by atoms with van der Waals surface area (Å²) in [5.41, 5.74) is 8.61. The van der Waals surface area contributed by atoms with Crippen LogP contribution in [0.1, 0.15) is 24.0 Å². The zero-order chi connectivity index (χ0) is 14.7. The van der Waals surface area contributed by atoms with Crippen molar-refractivity contribution in [3.63, 3.8) is 0 Å². The molecule has 0 aromatic heterocycles. The number of hydrogen-bond donors (Lipinski definition) is 2. The molecule has 2 rings (SSSR count). The Labute approximate surface area is 120 Å². The number of likely N-dealkylation sites (tertiary alicyclic amines) is 1. The van der Waals surface area contributed by atoms with Gasteiger partial charge in [0.25, 0.3) is 0 Å². The lowest BCUT2D eigenvalue weighted by atomic mass is 10.1. The van der Waals surface area contributed by atoms with Crippen LogP contribution in [0.2, 0.25) is 0 Å². The zero-order valence-electron chi connectivity index (χ0n) is 12.5. The number of anilines is 1. The summed E-state index contributed by atoms with van der Waals surface area (Å²) >= 11 is 0. The van der Waals surface area contributed by atoms with E-state index in [4.69, 9.17) is 10.9 Å². The minimum atomic E-state index is 0.159. The Morgan fingerprint density at radius 1 is 1.55 bits per heavy atom. The van der Waals surface area contributed by atoms with Crippen molar-refractivity contribution in [2.75, 3.05) is 32.1 Å². The topological polar surface area (TPSA) is 65.1 Å². The molecule has 5 heteroatoms. The smallest absolute Gasteiger partial charge is 0.170 e. The van der Waals surface area contributed by atoms with E-state index >= 15 is 0 Å². The minimum Gasteiger partial charge on any atom is -0.409 e. The van der Waals surface area contributed by atoms with E-state index in [2.05, 4.69) is 35.1 Å². The molecule has 1 heterocycles. The molecule has 1 aliphatic heterocycles. The summed E-state index contributed by atoms with van der Waals surface area (Å²) in [6.45, 7) is 4.20. The number of nitrogens with two attached hydrogens (primary N) is 1. The van der Waals surface area contributed by atoms with Gasteiger partial charge in [-0.25, -0.2) is 0 Å². The molecule has 3 N–H and O–H groups in total. The van der Waals surface area contributed by atoms with Gasteiger partial charge in [-0.2, -0.15) is 0 Å². The Kier molecular flexibility index (Phi) is 4.49. The van der Waals surface area contributed by atoms with Crippen molar-refractivity contribution in [2.24, 2.45) is 10.9 Å². The highest BCUT2D eigenvalue weighted by molar-refractivity contribution is 5.98. The molecule has 0 saturated carbocycles. The van der Waals surface area contributed by atoms with Crippen LogP contribution in [0.5, 0.6) is 0 Å². The monoisotopic (exact) mass is 276 g/mol. The lowest BCUT2D eigenvalue weighted by Gasteiger charge is -2.27. The molecule has 0 bridgehead atoms. The second kappa shape index (κ2) is 6.13. The van der Waals surface area contributed by atoms with Gasteiger partial charge in [-0.15, -0.1) is 0 Å². The molecule has 1 atom stereocenters. The number of hydrogen-bond acceptors (Lipinski definition) is 4. The van der Waals surface area contributed by atoms with E-state index in [9.17, 15) is 0 Å². The molecule has 1 aromatic rings. The van der Waals surface area contributed by atoms with Crippen LogP contribution in [-0.2, 0) is 0 Å². The van der Waals surface area contributed by atoms with Crippen molar-refractivity contribution in [1.29, 1.82) is 0 Å². The molecular formula is C15H24N4O. The third kappa shape index (κ3) is 3.04. The first-order valence-corrected chi connectivity index (χ1v) is 7.03. The predicted molar refractivity (Wildman–Crippen MR) is 82.6 cm³/mol. The highest BCUT2D eigenvalue weighted by Crippen LogP contribution is 2.21. The number of nitrogens with zero attached hydrogens (tertiary/aromatic N) is 3. The van der Waals surface area contributed by atoms with Gasteiger partial charge in [-0.05, 0) is 57.1 Å². The van der Waals surface area contributed by atoms with Crippen LogP contribution < -0.4 is 10.6 Å². The van der Waals surface area contributed by atoms with Gasteiger partial charge in [0.2, 0.25) is 0 Å². The van der Waals surface area contributed by atoms with Crippen molar-refractivity contribution in [2.45, 2.75) is 25.8 Å². The van der Waals surface area contributed by atoms with Gasteiger partial charge in [0.1, 0.15) is 0 Å². The zero-order valence-corrected chi connectivity index (χ0v) is 12.5. The standard InChI is InChI=1S/C15H24N4O/c1-11-9-12(6-7-14(11)15(16)17-20)19(3)10-13-5-4-8-18(13)2/h6-7,9,13,20H,4-5,8,10H2,1-3H3,(H2,16,17). The van der Waals surface area contributed by atoms with Gasteiger partial charge in [0, 0.05) is 30.9 Å². The van der Waals surface area contributed by atoms with E-state index in [-0.39, 0.29) is 5.84 Å². The summed E-state index contributed by atoms with van der Waals surface area (Å²) in [4.78, 5) is 4.70. The van der Waals surface area contributed by atoms with Crippen LogP contribution in [0.15, 0.2) is 23.4 Å². The second-order valence-electron chi connectivity index (χ2n) is 5.64. The molecule has 0 amide bonds. The van der Waals surface area contributed by atoms with E-state index in [1.54, 1.807) is 0 Å². The van der Waals surface area contributed by atoms with Crippen LogP contribution in [0.4, 0.5) is 5.69 Å². The SMILES string of the molecule is Cc1cc(N(C)CC2CCCN2C)ccc1/C(N)=N/O. The van der Waals surface area contributed by atoms with Crippen LogP contribution in [-0.4, -0.2) is 49.2 Å². The van der Waals surface area contributed by atoms with Crippen LogP contribution in [0, 0.1) is 6.92 Å². The van der Waals surface area contributed by atoms with E-state index in [1.165, 1.54) is 19.4 Å². The van der Waals surface area contributed by atoms with Crippen molar-refractivity contribution >= 4 is 11.5 Å². The van der Waals surface area contributed by atoms with E-state index in [1.807, 2.05) is 19.1 Å². The maximum Gasteiger partial charge on any atom is 0.170 e. The molecule has 5 nitrogen and oxygen atoms in total. The fraction of sp³-hybridized carbons (Fsp3) is 0.533. The molecule has 110 valence electrons. The Morgan fingerprint density at radius 3 is 2.85 bits per heavy atom. The van der Waals surface area contributed by atoms with Crippen molar-refractivity contribution in [3.8, 4) is 0 Å². The first kappa shape index (κ1) is 14.7. The molecule has 1 aromatic carbocycles. The van der Waals surface area contributed by atoms with Gasteiger partial charge in [0.15, 0.2) is 5.84 Å². The Bertz CT molecular complexity index is 501. The second-order valence-corrected chi connectivity index (χ2v) is 5.64. The minimum absolute atomic E-state index is 0.159. The van der Waals surface area contributed by atoms with Gasteiger partial charge < -0.3 is 20.7 Å². The van der Waals surface area contributed by atoms with Crippen LogP contribution in [0.25, 0.3) is 0 Å². The summed E-state index contributed by atoms with van der Waals surface area (Å²) in [7, 11) is 4.31. The van der Waals surface area contributed by atoms with Gasteiger partial charge in [-0.1, -0.05) is 5.16 Å². The summed E-state index contributed by atoms with van der Waals surface area (Å²) in [5.74, 6) is 0.159. The fourth-order valence-electron chi connectivity index (χ4n) is 2.86. The largest absolute Gasteiger partial charge is 0.409 e. The van der Waals surface area contributed by atoms with Gasteiger partial charge in [-0.3, -0.25) is 0 Å². The third-order valence-electron chi connectivity index (χ3n) is 4.19. The van der Waals surface area contributed by atoms with Crippen LogP contribution >= 0.6 is 0 Å². The lowest BCUT2D eigenvalue weighted by Crippen LogP contribution is -2.36. The fourth-order valence-corrected chi connectivity index (χ4v) is 2.86. The number of amidine groups is 1. The number of aryl methyl sites for hydroxylation is 1. The molecule has 1 fully saturated rings. The van der Waals surface area contributed by atoms with E-state index in [0.29, 0.717) is 6.04 Å². The Balaban J connectivity index is 2.10. The quantitative estimate of drug-likeness (QED) is 0.379. The molecule has 0 aliphatic carbocycles. The maximum absolute atomic E-state index is 8.76. The van der Waals surface area contributed by atoms with Gasteiger partial charge >= 0.3 is 0 Å². The predicted octanol–water partition coefficient (Wildman–Crippen LogP) is 1.62. The van der Waals surface area contributed by atoms with Crippen molar-refractivity contribution in [3.05, 3.63) is 29.3 Å². The number of benzene rings is 1. The van der Waals surface area contributed by atoms with Crippen molar-refractivity contribution in [1.82, 2.24) is 4.90 Å². The number of likely N-dealkylation sites (N-methyl/N-ethyl adjacent to an activating group) is 2. The lowest BCUT2D eigenvalue weighted by molar-refractivity contribution is 0.314. The van der Waals surface area contributed by atoms with E-state index in [0.717, 1.165) is 23.4 Å². The summed E-state index contributed by atoms with van der Waals surface area (Å²) in [6, 6.07) is 6.65. The summed E-state index contributed by atoms with van der Waals surface area (Å²) in [6.07, 6.45) is 2.55. The van der Waals surface area contributed by atoms with Crippen molar-refractivity contribution < 1.29 is 5.21 Å². The molecular weight excluding hydrogens is 252 g/mol. The molecule has 20 heavy (non-hydrogen) atoms. The highest BCUT2D eigenvalue weighted by Gasteiger charge is 2.22. The first-order valence-electron chi connectivity index (χ1n) is 7.03. The normalized spacial score (nSPS) is 20.4. The molecule has 1 unspecified atom stereocenters. The summed E-state index contributed by atoms with van der Waals surface area (Å²) < 4.78 is 0. The van der Waals surface area contributed by atoms with Crippen LogP contribution in [0.3, 0.4) is 0 Å². The first-order chi connectivity index (χ1) is 9.52. The molecule has 1 aliphatic rings. The molecule has 0 radical (unpaired) electrons. The average molecular weight is 276 g/mol. The summed E-state index contributed by atoms with van der Waals surface area (Å²) in [5, 5.41) is 11.8. The average Bonchev–Trinajstić information content (AvgIpc) is 2.83. The highest BCUT2D eigenvalue weighted by atomic mass is 16.4. The number of oxime groups is 1. The van der Waals surface area contributed by atoms with Gasteiger partial charge in [0.05, 0.1) is 0 Å².